The predicted molar refractivity (Wildman–Crippen MR) is 85.2 cm³/mol. The van der Waals surface area contributed by atoms with Crippen molar-refractivity contribution in [2.24, 2.45) is 0 Å². The van der Waals surface area contributed by atoms with E-state index in [1.54, 1.807) is 12.4 Å². The van der Waals surface area contributed by atoms with E-state index in [0.29, 0.717) is 17.1 Å². The Balaban J connectivity index is 2.15. The van der Waals surface area contributed by atoms with Gasteiger partial charge in [-0.15, -0.1) is 0 Å². The standard InChI is InChI=1S/C16H16BrN3O/c1-2-5-19-9-12-3-4-16(13(6-12)8-18)21-15-7-14(17)10-20-11-15/h3-4,6-7,10-11,19H,2,5,9H2,1H3. The quantitative estimate of drug-likeness (QED) is 0.803. The maximum absolute atomic E-state index is 9.27. The zero-order valence-corrected chi connectivity index (χ0v) is 13.4. The van der Waals surface area contributed by atoms with Crippen molar-refractivity contribution in [2.45, 2.75) is 19.9 Å². The van der Waals surface area contributed by atoms with Gasteiger partial charge in [-0.05, 0) is 52.7 Å². The first-order valence-electron chi connectivity index (χ1n) is 6.75. The number of benzene rings is 1. The monoisotopic (exact) mass is 345 g/mol. The first-order valence-corrected chi connectivity index (χ1v) is 7.54. The lowest BCUT2D eigenvalue weighted by molar-refractivity contribution is 0.478. The molecule has 1 aromatic carbocycles. The lowest BCUT2D eigenvalue weighted by Crippen LogP contribution is -2.13. The molecule has 0 aliphatic rings. The Bertz CT molecular complexity index is 652. The van der Waals surface area contributed by atoms with Crippen molar-refractivity contribution in [3.8, 4) is 17.6 Å². The average molecular weight is 346 g/mol. The Hall–Kier alpha value is -1.90. The molecule has 0 bridgehead atoms. The number of aromatic nitrogens is 1. The summed E-state index contributed by atoms with van der Waals surface area (Å²) in [5.41, 5.74) is 1.59. The molecule has 0 aliphatic carbocycles. The number of nitrogens with zero attached hydrogens (tertiary/aromatic N) is 2. The van der Waals surface area contributed by atoms with E-state index in [4.69, 9.17) is 4.74 Å². The van der Waals surface area contributed by atoms with Gasteiger partial charge >= 0.3 is 0 Å². The van der Waals surface area contributed by atoms with Gasteiger partial charge in [-0.25, -0.2) is 0 Å². The number of ether oxygens (including phenoxy) is 1. The van der Waals surface area contributed by atoms with Crippen molar-refractivity contribution in [1.82, 2.24) is 10.3 Å². The van der Waals surface area contributed by atoms with E-state index in [0.717, 1.165) is 29.5 Å². The van der Waals surface area contributed by atoms with Gasteiger partial charge in [-0.3, -0.25) is 4.98 Å². The first kappa shape index (κ1) is 15.5. The summed E-state index contributed by atoms with van der Waals surface area (Å²) >= 11 is 3.34. The van der Waals surface area contributed by atoms with Crippen LogP contribution in [0.1, 0.15) is 24.5 Å². The highest BCUT2D eigenvalue weighted by atomic mass is 79.9. The minimum Gasteiger partial charge on any atom is -0.454 e. The van der Waals surface area contributed by atoms with Crippen LogP contribution in [-0.2, 0) is 6.54 Å². The normalized spacial score (nSPS) is 10.1. The summed E-state index contributed by atoms with van der Waals surface area (Å²) in [6.45, 7) is 3.84. The molecule has 0 fully saturated rings. The number of halogens is 1. The van der Waals surface area contributed by atoms with Gasteiger partial charge in [0.2, 0.25) is 0 Å². The minimum atomic E-state index is 0.519. The van der Waals surface area contributed by atoms with Crippen LogP contribution in [0.5, 0.6) is 11.5 Å². The summed E-state index contributed by atoms with van der Waals surface area (Å²) in [5, 5.41) is 12.6. The van der Waals surface area contributed by atoms with Gasteiger partial charge in [0.15, 0.2) is 0 Å². The molecule has 0 saturated heterocycles. The van der Waals surface area contributed by atoms with E-state index in [1.807, 2.05) is 24.3 Å². The topological polar surface area (TPSA) is 57.9 Å². The third-order valence-corrected chi connectivity index (χ3v) is 3.26. The van der Waals surface area contributed by atoms with Crippen molar-refractivity contribution in [1.29, 1.82) is 5.26 Å². The second-order valence-electron chi connectivity index (χ2n) is 4.56. The third-order valence-electron chi connectivity index (χ3n) is 2.83. The highest BCUT2D eigenvalue weighted by molar-refractivity contribution is 9.10. The van der Waals surface area contributed by atoms with Crippen LogP contribution < -0.4 is 10.1 Å². The molecular weight excluding hydrogens is 330 g/mol. The summed E-state index contributed by atoms with van der Waals surface area (Å²) in [6, 6.07) is 9.62. The van der Waals surface area contributed by atoms with Crippen LogP contribution >= 0.6 is 15.9 Å². The molecule has 5 heteroatoms. The van der Waals surface area contributed by atoms with Crippen LogP contribution in [0.2, 0.25) is 0 Å². The first-order chi connectivity index (χ1) is 10.2. The number of hydrogen-bond acceptors (Lipinski definition) is 4. The number of nitrogens with one attached hydrogen (secondary N) is 1. The van der Waals surface area contributed by atoms with Crippen LogP contribution in [0, 0.1) is 11.3 Å². The fourth-order valence-electron chi connectivity index (χ4n) is 1.85. The van der Waals surface area contributed by atoms with Crippen molar-refractivity contribution in [3.05, 3.63) is 52.3 Å². The summed E-state index contributed by atoms with van der Waals surface area (Å²) in [6.07, 6.45) is 4.38. The molecule has 21 heavy (non-hydrogen) atoms. The molecule has 1 heterocycles. The van der Waals surface area contributed by atoms with E-state index >= 15 is 0 Å². The Morgan fingerprint density at radius 2 is 2.19 bits per heavy atom. The number of hydrogen-bond donors (Lipinski definition) is 1. The molecular formula is C16H16BrN3O. The minimum absolute atomic E-state index is 0.519. The Morgan fingerprint density at radius 3 is 2.90 bits per heavy atom. The molecule has 0 unspecified atom stereocenters. The van der Waals surface area contributed by atoms with Crippen molar-refractivity contribution in [3.63, 3.8) is 0 Å². The zero-order chi connectivity index (χ0) is 15.1. The van der Waals surface area contributed by atoms with E-state index in [-0.39, 0.29) is 0 Å². The van der Waals surface area contributed by atoms with Crippen LogP contribution in [-0.4, -0.2) is 11.5 Å². The highest BCUT2D eigenvalue weighted by Crippen LogP contribution is 2.27. The van der Waals surface area contributed by atoms with Gasteiger partial charge in [0.25, 0.3) is 0 Å². The third kappa shape index (κ3) is 4.55. The lowest BCUT2D eigenvalue weighted by atomic mass is 10.1. The number of rotatable bonds is 6. The van der Waals surface area contributed by atoms with E-state index in [1.165, 1.54) is 0 Å². The zero-order valence-electron chi connectivity index (χ0n) is 11.8. The molecule has 0 radical (unpaired) electrons. The van der Waals surface area contributed by atoms with Crippen molar-refractivity contribution < 1.29 is 4.74 Å². The predicted octanol–water partition coefficient (Wildman–Crippen LogP) is 4.01. The SMILES string of the molecule is CCCNCc1ccc(Oc2cncc(Br)c2)c(C#N)c1. The average Bonchev–Trinajstić information content (AvgIpc) is 2.49. The van der Waals surface area contributed by atoms with Gasteiger partial charge in [0.05, 0.1) is 11.8 Å². The van der Waals surface area contributed by atoms with E-state index in [9.17, 15) is 5.26 Å². The van der Waals surface area contributed by atoms with Crippen LogP contribution in [0.15, 0.2) is 41.1 Å². The second-order valence-corrected chi connectivity index (χ2v) is 5.48. The fraction of sp³-hybridized carbons (Fsp3) is 0.250. The summed E-state index contributed by atoms with van der Waals surface area (Å²) < 4.78 is 6.56. The molecule has 1 N–H and O–H groups in total. The Labute approximate surface area is 132 Å². The van der Waals surface area contributed by atoms with Crippen LogP contribution in [0.3, 0.4) is 0 Å². The molecule has 108 valence electrons. The van der Waals surface area contributed by atoms with Crippen LogP contribution in [0.25, 0.3) is 0 Å². The van der Waals surface area contributed by atoms with Crippen molar-refractivity contribution >= 4 is 15.9 Å². The molecule has 0 atom stereocenters. The lowest BCUT2D eigenvalue weighted by Gasteiger charge is -2.09. The van der Waals surface area contributed by atoms with Gasteiger partial charge in [-0.1, -0.05) is 13.0 Å². The number of nitriles is 1. The molecule has 0 amide bonds. The smallest absolute Gasteiger partial charge is 0.146 e. The van der Waals surface area contributed by atoms with Gasteiger partial charge in [-0.2, -0.15) is 5.26 Å². The van der Waals surface area contributed by atoms with Gasteiger partial charge < -0.3 is 10.1 Å². The molecule has 1 aromatic heterocycles. The molecule has 4 nitrogen and oxygen atoms in total. The second kappa shape index (κ2) is 7.77. The maximum atomic E-state index is 9.27. The van der Waals surface area contributed by atoms with Gasteiger partial charge in [0, 0.05) is 17.2 Å². The summed E-state index contributed by atoms with van der Waals surface area (Å²) in [4.78, 5) is 4.04. The highest BCUT2D eigenvalue weighted by Gasteiger charge is 2.07. The molecule has 0 aliphatic heterocycles. The summed E-state index contributed by atoms with van der Waals surface area (Å²) in [5.74, 6) is 1.13. The Morgan fingerprint density at radius 1 is 1.33 bits per heavy atom. The van der Waals surface area contributed by atoms with E-state index < -0.39 is 0 Å². The molecule has 2 rings (SSSR count). The maximum Gasteiger partial charge on any atom is 0.146 e. The molecule has 0 spiro atoms. The summed E-state index contributed by atoms with van der Waals surface area (Å²) in [7, 11) is 0. The van der Waals surface area contributed by atoms with Gasteiger partial charge in [0.1, 0.15) is 17.6 Å². The molecule has 2 aromatic rings. The number of pyridine rings is 1. The van der Waals surface area contributed by atoms with Crippen molar-refractivity contribution in [2.75, 3.05) is 6.54 Å². The molecule has 0 saturated carbocycles. The largest absolute Gasteiger partial charge is 0.454 e. The fourth-order valence-corrected chi connectivity index (χ4v) is 2.19. The Kier molecular flexibility index (Phi) is 5.73. The van der Waals surface area contributed by atoms with Crippen LogP contribution in [0.4, 0.5) is 0 Å². The van der Waals surface area contributed by atoms with E-state index in [2.05, 4.69) is 39.2 Å².